The summed E-state index contributed by atoms with van der Waals surface area (Å²) in [6.45, 7) is 3.87. The predicted octanol–water partition coefficient (Wildman–Crippen LogP) is 8.34. The number of allylic oxidation sites excluding steroid dienone is 5. The van der Waals surface area contributed by atoms with Gasteiger partial charge in [0.25, 0.3) is 7.82 Å². The molecule has 0 aromatic carbocycles. The summed E-state index contributed by atoms with van der Waals surface area (Å²) in [5.74, 6) is -1.19. The van der Waals surface area contributed by atoms with Crippen molar-refractivity contribution in [1.82, 2.24) is 0 Å². The SMILES string of the molecule is CCCCCCCCCCCCCC(=O)O[C@H](COC(=O)CCC/C=C\C[C@H]1C=CC(=O)[C@@H]1/C=C/[C@@H](O)CCCCC)COP(=O)([O-])OCC[N+](C)(C)C. The van der Waals surface area contributed by atoms with Crippen LogP contribution in [0.15, 0.2) is 36.5 Å². The number of esters is 2. The Bertz CT molecular complexity index is 1160. The van der Waals surface area contributed by atoms with Gasteiger partial charge < -0.3 is 33.0 Å². The molecule has 0 radical (unpaired) electrons. The van der Waals surface area contributed by atoms with E-state index in [2.05, 4.69) is 13.8 Å². The molecule has 0 aromatic rings. The highest BCUT2D eigenvalue weighted by molar-refractivity contribution is 7.45. The number of aliphatic hydroxyl groups excluding tert-OH is 1. The summed E-state index contributed by atoms with van der Waals surface area (Å²) in [6.07, 6.45) is 28.0. The first-order valence-electron chi connectivity index (χ1n) is 20.8. The molecule has 54 heavy (non-hydrogen) atoms. The van der Waals surface area contributed by atoms with Gasteiger partial charge in [-0.15, -0.1) is 0 Å². The molecule has 0 amide bonds. The van der Waals surface area contributed by atoms with E-state index in [0.717, 1.165) is 38.5 Å². The van der Waals surface area contributed by atoms with Crippen LogP contribution in [0, 0.1) is 11.8 Å². The Labute approximate surface area is 327 Å². The van der Waals surface area contributed by atoms with Gasteiger partial charge in [0.15, 0.2) is 11.9 Å². The van der Waals surface area contributed by atoms with Crippen molar-refractivity contribution in [2.45, 2.75) is 154 Å². The summed E-state index contributed by atoms with van der Waals surface area (Å²) in [5.41, 5.74) is 0. The number of ether oxygens (including phenoxy) is 2. The minimum atomic E-state index is -4.67. The molecule has 0 spiro atoms. The number of likely N-dealkylation sites (N-methyl/N-ethyl adjacent to an activating group) is 1. The highest BCUT2D eigenvalue weighted by atomic mass is 31.2. The second-order valence-corrected chi connectivity index (χ2v) is 17.1. The van der Waals surface area contributed by atoms with Gasteiger partial charge in [0, 0.05) is 18.8 Å². The topological polar surface area (TPSA) is 148 Å². The van der Waals surface area contributed by atoms with Gasteiger partial charge >= 0.3 is 11.9 Å². The molecule has 0 fully saturated rings. The van der Waals surface area contributed by atoms with E-state index in [9.17, 15) is 28.9 Å². The molecule has 0 aliphatic heterocycles. The van der Waals surface area contributed by atoms with Crippen molar-refractivity contribution in [2.24, 2.45) is 11.8 Å². The van der Waals surface area contributed by atoms with Gasteiger partial charge in [-0.1, -0.05) is 128 Å². The van der Waals surface area contributed by atoms with E-state index < -0.39 is 38.6 Å². The maximum Gasteiger partial charge on any atom is 0.306 e. The van der Waals surface area contributed by atoms with Crippen molar-refractivity contribution in [3.63, 3.8) is 0 Å². The van der Waals surface area contributed by atoms with Crippen LogP contribution in [0.3, 0.4) is 0 Å². The van der Waals surface area contributed by atoms with Crippen LogP contribution < -0.4 is 4.89 Å². The molecule has 1 aliphatic rings. The van der Waals surface area contributed by atoms with Crippen molar-refractivity contribution >= 4 is 25.5 Å². The molecule has 0 saturated heterocycles. The molecule has 1 unspecified atom stereocenters. The third kappa shape index (κ3) is 27.4. The van der Waals surface area contributed by atoms with Crippen LogP contribution in [0.25, 0.3) is 0 Å². The minimum Gasteiger partial charge on any atom is -0.756 e. The summed E-state index contributed by atoms with van der Waals surface area (Å²) in [6, 6.07) is 0. The summed E-state index contributed by atoms with van der Waals surface area (Å²) in [4.78, 5) is 49.9. The molecule has 1 aliphatic carbocycles. The highest BCUT2D eigenvalue weighted by Crippen LogP contribution is 2.38. The summed E-state index contributed by atoms with van der Waals surface area (Å²) >= 11 is 0. The van der Waals surface area contributed by atoms with Crippen LogP contribution in [-0.4, -0.2) is 87.0 Å². The number of quaternary nitrogens is 1. The molecule has 0 aromatic heterocycles. The third-order valence-corrected chi connectivity index (χ3v) is 10.4. The molecule has 1 rings (SSSR count). The summed E-state index contributed by atoms with van der Waals surface area (Å²) < 4.78 is 33.7. The molecule has 11 nitrogen and oxygen atoms in total. The molecular weight excluding hydrogens is 709 g/mol. The van der Waals surface area contributed by atoms with E-state index in [1.807, 2.05) is 45.4 Å². The van der Waals surface area contributed by atoms with Crippen LogP contribution >= 0.6 is 7.82 Å². The average molecular weight is 784 g/mol. The molecule has 1 N–H and O–H groups in total. The number of hydrogen-bond donors (Lipinski definition) is 1. The number of nitrogens with zero attached hydrogens (tertiary/aromatic N) is 1. The number of carbonyl (C=O) groups is 3. The van der Waals surface area contributed by atoms with Crippen molar-refractivity contribution in [1.29, 1.82) is 0 Å². The average Bonchev–Trinajstić information content (AvgIpc) is 3.46. The van der Waals surface area contributed by atoms with E-state index in [4.69, 9.17) is 18.5 Å². The summed E-state index contributed by atoms with van der Waals surface area (Å²) in [7, 11) is 1.06. The van der Waals surface area contributed by atoms with Crippen molar-refractivity contribution in [3.8, 4) is 0 Å². The molecule has 5 atom stereocenters. The lowest BCUT2D eigenvalue weighted by Gasteiger charge is -2.28. The number of ketones is 1. The Kier molecular flexibility index (Phi) is 27.8. The quantitative estimate of drug-likeness (QED) is 0.0222. The third-order valence-electron chi connectivity index (χ3n) is 9.41. The van der Waals surface area contributed by atoms with Crippen molar-refractivity contribution in [3.05, 3.63) is 36.5 Å². The number of carbonyl (C=O) groups excluding carboxylic acids is 3. The first-order chi connectivity index (χ1) is 25.8. The zero-order valence-corrected chi connectivity index (χ0v) is 35.2. The van der Waals surface area contributed by atoms with Crippen LogP contribution in [-0.2, 0) is 37.5 Å². The van der Waals surface area contributed by atoms with Crippen molar-refractivity contribution < 1.29 is 52.0 Å². The van der Waals surface area contributed by atoms with Crippen LogP contribution in [0.5, 0.6) is 0 Å². The fraction of sp³-hybridized carbons (Fsp3) is 0.786. The fourth-order valence-electron chi connectivity index (χ4n) is 6.00. The van der Waals surface area contributed by atoms with Crippen LogP contribution in [0.1, 0.15) is 142 Å². The van der Waals surface area contributed by atoms with E-state index in [1.54, 1.807) is 12.2 Å². The van der Waals surface area contributed by atoms with Gasteiger partial charge in [0.2, 0.25) is 0 Å². The van der Waals surface area contributed by atoms with Gasteiger partial charge in [0.1, 0.15) is 19.8 Å². The zero-order chi connectivity index (χ0) is 40.1. The second-order valence-electron chi connectivity index (χ2n) is 15.7. The first kappa shape index (κ1) is 49.9. The van der Waals surface area contributed by atoms with Gasteiger partial charge in [-0.2, -0.15) is 0 Å². The molecule has 312 valence electrons. The van der Waals surface area contributed by atoms with Crippen LogP contribution in [0.2, 0.25) is 0 Å². The Morgan fingerprint density at radius 3 is 2.11 bits per heavy atom. The van der Waals surface area contributed by atoms with Gasteiger partial charge in [0.05, 0.1) is 33.9 Å². The lowest BCUT2D eigenvalue weighted by atomic mass is 9.90. The Morgan fingerprint density at radius 2 is 1.46 bits per heavy atom. The number of phosphoric acid groups is 1. The highest BCUT2D eigenvalue weighted by Gasteiger charge is 2.27. The lowest BCUT2D eigenvalue weighted by Crippen LogP contribution is -2.37. The predicted molar refractivity (Wildman–Crippen MR) is 212 cm³/mol. The second kappa shape index (κ2) is 30.1. The van der Waals surface area contributed by atoms with E-state index in [-0.39, 0.29) is 43.7 Å². The van der Waals surface area contributed by atoms with E-state index in [0.29, 0.717) is 43.1 Å². The maximum atomic E-state index is 12.6. The molecular formula is C42H74NO10P. The van der Waals surface area contributed by atoms with Gasteiger partial charge in [-0.25, -0.2) is 0 Å². The Hall–Kier alpha value is -2.14. The number of hydrogen-bond acceptors (Lipinski definition) is 10. The van der Waals surface area contributed by atoms with Gasteiger partial charge in [-0.05, 0) is 44.1 Å². The van der Waals surface area contributed by atoms with Gasteiger partial charge in [-0.3, -0.25) is 18.9 Å². The lowest BCUT2D eigenvalue weighted by molar-refractivity contribution is -0.870. The smallest absolute Gasteiger partial charge is 0.306 e. The molecule has 0 heterocycles. The fourth-order valence-corrected chi connectivity index (χ4v) is 6.73. The van der Waals surface area contributed by atoms with E-state index >= 15 is 0 Å². The number of aliphatic hydroxyl groups is 1. The Balaban J connectivity index is 2.50. The number of unbranched alkanes of at least 4 members (excludes halogenated alkanes) is 13. The number of phosphoric ester groups is 1. The Morgan fingerprint density at radius 1 is 0.852 bits per heavy atom. The zero-order valence-electron chi connectivity index (χ0n) is 34.3. The molecule has 0 bridgehead atoms. The monoisotopic (exact) mass is 784 g/mol. The standard InChI is InChI=1S/C42H74NO10P/c1-6-8-10-11-12-13-14-15-16-17-23-27-42(47)53-38(35-52-54(48,49)51-33-32-43(3,4)5)34-50-41(46)26-22-19-18-21-24-36-28-31-40(45)39(36)30-29-37(44)25-20-9-7-2/h18,21,28-31,36-39,44H,6-17,19-20,22-27,32-35H2,1-5H3/b21-18-,30-29+/t36-,37-,38+,39+/m0/s1. The van der Waals surface area contributed by atoms with E-state index in [1.165, 1.54) is 44.9 Å². The minimum absolute atomic E-state index is 0.0297. The number of rotatable bonds is 34. The largest absolute Gasteiger partial charge is 0.756 e. The van der Waals surface area contributed by atoms with Crippen LogP contribution in [0.4, 0.5) is 0 Å². The first-order valence-corrected chi connectivity index (χ1v) is 22.2. The maximum absolute atomic E-state index is 12.6. The molecule has 0 saturated carbocycles. The molecule has 12 heteroatoms. The summed E-state index contributed by atoms with van der Waals surface area (Å²) in [5, 5.41) is 10.2. The normalized spacial score (nSPS) is 18.4. The van der Waals surface area contributed by atoms with Crippen molar-refractivity contribution in [2.75, 3.05) is 47.5 Å².